The summed E-state index contributed by atoms with van der Waals surface area (Å²) in [5, 5.41) is 0. The van der Waals surface area contributed by atoms with Gasteiger partial charge in [0.1, 0.15) is 12.0 Å². The fraction of sp³-hybridized carbons (Fsp3) is 0.222. The average Bonchev–Trinajstić information content (AvgIpc) is 2.59. The van der Waals surface area contributed by atoms with Crippen LogP contribution in [0.25, 0.3) is 0 Å². The molecule has 0 aromatic heterocycles. The molecule has 0 unspecified atom stereocenters. The van der Waals surface area contributed by atoms with Crippen LogP contribution in [0.15, 0.2) is 48.5 Å². The standard InChI is InChI=1S/C18H17NO3/c20-12-14-5-7-17(8-6-14)22-13-18(21)19-10-9-15-3-1-2-4-16(15)11-19/h1-8,12H,9-11,13H2. The summed E-state index contributed by atoms with van der Waals surface area (Å²) >= 11 is 0. The summed E-state index contributed by atoms with van der Waals surface area (Å²) in [5.41, 5.74) is 3.11. The molecule has 4 nitrogen and oxygen atoms in total. The Morgan fingerprint density at radius 1 is 1.09 bits per heavy atom. The van der Waals surface area contributed by atoms with E-state index in [0.29, 0.717) is 17.9 Å². The molecule has 0 bridgehead atoms. The number of hydrogen-bond acceptors (Lipinski definition) is 3. The van der Waals surface area contributed by atoms with Gasteiger partial charge in [-0.1, -0.05) is 24.3 Å². The van der Waals surface area contributed by atoms with Gasteiger partial charge in [0.25, 0.3) is 5.91 Å². The van der Waals surface area contributed by atoms with E-state index in [1.165, 1.54) is 11.1 Å². The highest BCUT2D eigenvalue weighted by Gasteiger charge is 2.20. The molecule has 22 heavy (non-hydrogen) atoms. The van der Waals surface area contributed by atoms with Gasteiger partial charge in [0.2, 0.25) is 0 Å². The molecule has 0 N–H and O–H groups in total. The van der Waals surface area contributed by atoms with Crippen LogP contribution < -0.4 is 4.74 Å². The van der Waals surface area contributed by atoms with Gasteiger partial charge in [-0.05, 0) is 41.8 Å². The molecule has 4 heteroatoms. The number of nitrogens with zero attached hydrogens (tertiary/aromatic N) is 1. The summed E-state index contributed by atoms with van der Waals surface area (Å²) in [6.07, 6.45) is 1.66. The van der Waals surface area contributed by atoms with Gasteiger partial charge < -0.3 is 9.64 Å². The molecule has 0 saturated carbocycles. The Balaban J connectivity index is 1.57. The van der Waals surface area contributed by atoms with Crippen molar-refractivity contribution >= 4 is 12.2 Å². The zero-order valence-corrected chi connectivity index (χ0v) is 12.2. The topological polar surface area (TPSA) is 46.6 Å². The van der Waals surface area contributed by atoms with E-state index < -0.39 is 0 Å². The zero-order chi connectivity index (χ0) is 15.4. The monoisotopic (exact) mass is 295 g/mol. The van der Waals surface area contributed by atoms with E-state index in [1.54, 1.807) is 24.3 Å². The normalized spacial score (nSPS) is 13.4. The van der Waals surface area contributed by atoms with E-state index in [4.69, 9.17) is 4.74 Å². The number of amides is 1. The summed E-state index contributed by atoms with van der Waals surface area (Å²) in [6.45, 7) is 1.38. The van der Waals surface area contributed by atoms with Crippen LogP contribution in [0.1, 0.15) is 21.5 Å². The molecule has 0 radical (unpaired) electrons. The molecular weight excluding hydrogens is 278 g/mol. The van der Waals surface area contributed by atoms with Crippen LogP contribution in [0.3, 0.4) is 0 Å². The third-order valence-electron chi connectivity index (χ3n) is 3.86. The Hall–Kier alpha value is -2.62. The number of benzene rings is 2. The Kier molecular flexibility index (Phi) is 4.19. The van der Waals surface area contributed by atoms with Crippen molar-refractivity contribution in [2.45, 2.75) is 13.0 Å². The van der Waals surface area contributed by atoms with Crippen LogP contribution in [-0.2, 0) is 17.8 Å². The number of rotatable bonds is 4. The summed E-state index contributed by atoms with van der Waals surface area (Å²) in [6, 6.07) is 14.9. The van der Waals surface area contributed by atoms with E-state index in [0.717, 1.165) is 19.3 Å². The molecule has 1 heterocycles. The SMILES string of the molecule is O=Cc1ccc(OCC(=O)N2CCc3ccccc3C2)cc1. The molecule has 3 rings (SSSR count). The van der Waals surface area contributed by atoms with Crippen LogP contribution in [0, 0.1) is 0 Å². The molecule has 1 aliphatic rings. The molecular formula is C18H17NO3. The van der Waals surface area contributed by atoms with Gasteiger partial charge in [0.15, 0.2) is 6.61 Å². The molecule has 0 atom stereocenters. The molecule has 2 aromatic carbocycles. The van der Waals surface area contributed by atoms with Crippen LogP contribution in [0.4, 0.5) is 0 Å². The first kappa shape index (κ1) is 14.3. The van der Waals surface area contributed by atoms with Gasteiger partial charge in [0.05, 0.1) is 0 Å². The highest BCUT2D eigenvalue weighted by Crippen LogP contribution is 2.19. The Labute approximate surface area is 129 Å². The fourth-order valence-electron chi connectivity index (χ4n) is 2.59. The lowest BCUT2D eigenvalue weighted by molar-refractivity contribution is -0.134. The van der Waals surface area contributed by atoms with Crippen molar-refractivity contribution in [3.05, 3.63) is 65.2 Å². The summed E-state index contributed by atoms with van der Waals surface area (Å²) in [7, 11) is 0. The van der Waals surface area contributed by atoms with E-state index in [2.05, 4.69) is 12.1 Å². The summed E-state index contributed by atoms with van der Waals surface area (Å²) in [5.74, 6) is 0.574. The van der Waals surface area contributed by atoms with Crippen molar-refractivity contribution in [1.82, 2.24) is 4.90 Å². The van der Waals surface area contributed by atoms with Gasteiger partial charge in [-0.2, -0.15) is 0 Å². The number of ether oxygens (including phenoxy) is 1. The number of fused-ring (bicyclic) bond motifs is 1. The highest BCUT2D eigenvalue weighted by atomic mass is 16.5. The second-order valence-corrected chi connectivity index (χ2v) is 5.31. The van der Waals surface area contributed by atoms with Crippen LogP contribution in [0.5, 0.6) is 5.75 Å². The Morgan fingerprint density at radius 3 is 2.55 bits per heavy atom. The molecule has 0 spiro atoms. The predicted molar refractivity (Wildman–Crippen MR) is 82.9 cm³/mol. The smallest absolute Gasteiger partial charge is 0.260 e. The van der Waals surface area contributed by atoms with Gasteiger partial charge in [-0.3, -0.25) is 9.59 Å². The zero-order valence-electron chi connectivity index (χ0n) is 12.2. The van der Waals surface area contributed by atoms with Gasteiger partial charge in [-0.25, -0.2) is 0 Å². The first-order chi connectivity index (χ1) is 10.8. The van der Waals surface area contributed by atoms with Crippen molar-refractivity contribution in [3.8, 4) is 5.75 Å². The lowest BCUT2D eigenvalue weighted by Gasteiger charge is -2.28. The van der Waals surface area contributed by atoms with Crippen LogP contribution >= 0.6 is 0 Å². The number of carbonyl (C=O) groups is 2. The maximum absolute atomic E-state index is 12.2. The van der Waals surface area contributed by atoms with Crippen molar-refractivity contribution in [2.24, 2.45) is 0 Å². The fourth-order valence-corrected chi connectivity index (χ4v) is 2.59. The summed E-state index contributed by atoms with van der Waals surface area (Å²) in [4.78, 5) is 24.7. The van der Waals surface area contributed by atoms with Crippen molar-refractivity contribution in [3.63, 3.8) is 0 Å². The van der Waals surface area contributed by atoms with Crippen LogP contribution in [0.2, 0.25) is 0 Å². The van der Waals surface area contributed by atoms with E-state index in [-0.39, 0.29) is 12.5 Å². The molecule has 1 aliphatic heterocycles. The maximum Gasteiger partial charge on any atom is 0.260 e. The molecule has 112 valence electrons. The molecule has 0 aliphatic carbocycles. The lowest BCUT2D eigenvalue weighted by Crippen LogP contribution is -2.38. The third-order valence-corrected chi connectivity index (χ3v) is 3.86. The maximum atomic E-state index is 12.2. The number of aldehydes is 1. The number of carbonyl (C=O) groups excluding carboxylic acids is 2. The van der Waals surface area contributed by atoms with E-state index in [9.17, 15) is 9.59 Å². The Morgan fingerprint density at radius 2 is 1.82 bits per heavy atom. The quantitative estimate of drug-likeness (QED) is 0.814. The molecule has 2 aromatic rings. The second kappa shape index (κ2) is 6.43. The van der Waals surface area contributed by atoms with E-state index >= 15 is 0 Å². The molecule has 1 amide bonds. The lowest BCUT2D eigenvalue weighted by atomic mass is 10.00. The first-order valence-electron chi connectivity index (χ1n) is 7.29. The van der Waals surface area contributed by atoms with Crippen molar-refractivity contribution < 1.29 is 14.3 Å². The molecule has 0 saturated heterocycles. The van der Waals surface area contributed by atoms with E-state index in [1.807, 2.05) is 17.0 Å². The minimum absolute atomic E-state index is 0.0165. The largest absolute Gasteiger partial charge is 0.484 e. The average molecular weight is 295 g/mol. The molecule has 0 fully saturated rings. The van der Waals surface area contributed by atoms with Crippen LogP contribution in [-0.4, -0.2) is 30.2 Å². The van der Waals surface area contributed by atoms with Gasteiger partial charge >= 0.3 is 0 Å². The summed E-state index contributed by atoms with van der Waals surface area (Å²) < 4.78 is 5.50. The third kappa shape index (κ3) is 3.17. The highest BCUT2D eigenvalue weighted by molar-refractivity contribution is 5.78. The minimum Gasteiger partial charge on any atom is -0.484 e. The second-order valence-electron chi connectivity index (χ2n) is 5.31. The number of hydrogen-bond donors (Lipinski definition) is 0. The van der Waals surface area contributed by atoms with Crippen molar-refractivity contribution in [1.29, 1.82) is 0 Å². The first-order valence-corrected chi connectivity index (χ1v) is 7.29. The minimum atomic E-state index is -0.0195. The van der Waals surface area contributed by atoms with Crippen molar-refractivity contribution in [2.75, 3.05) is 13.2 Å². The predicted octanol–water partition coefficient (Wildman–Crippen LogP) is 2.46. The van der Waals surface area contributed by atoms with Gasteiger partial charge in [0, 0.05) is 18.7 Å². The Bertz CT molecular complexity index is 679. The van der Waals surface area contributed by atoms with Gasteiger partial charge in [-0.15, -0.1) is 0 Å².